The van der Waals surface area contributed by atoms with Crippen LogP contribution in [0.3, 0.4) is 0 Å². The highest BCUT2D eigenvalue weighted by atomic mass is 16.5. The number of ether oxygens (including phenoxy) is 1. The van der Waals surface area contributed by atoms with Gasteiger partial charge in [-0.3, -0.25) is 9.69 Å². The minimum atomic E-state index is -0.378. The Morgan fingerprint density at radius 3 is 2.89 bits per heavy atom. The van der Waals surface area contributed by atoms with Gasteiger partial charge in [-0.05, 0) is 26.7 Å². The van der Waals surface area contributed by atoms with E-state index in [0.717, 1.165) is 32.8 Å². The van der Waals surface area contributed by atoms with Gasteiger partial charge < -0.3 is 15.4 Å². The number of fused-ring (bicyclic) bond motifs is 1. The zero-order chi connectivity index (χ0) is 13.1. The quantitative estimate of drug-likeness (QED) is 0.771. The van der Waals surface area contributed by atoms with Crippen molar-refractivity contribution in [1.29, 1.82) is 0 Å². The molecule has 0 aromatic carbocycles. The maximum atomic E-state index is 11.9. The third-order valence-electron chi connectivity index (χ3n) is 4.05. The van der Waals surface area contributed by atoms with E-state index in [0.29, 0.717) is 12.1 Å². The smallest absolute Gasteiger partial charge is 0.239 e. The topological polar surface area (TPSA) is 58.8 Å². The molecule has 2 saturated heterocycles. The van der Waals surface area contributed by atoms with Crippen molar-refractivity contribution in [2.75, 3.05) is 32.8 Å². The second kappa shape index (κ2) is 5.99. The molecule has 0 spiro atoms. The van der Waals surface area contributed by atoms with Crippen molar-refractivity contribution in [2.45, 2.75) is 44.8 Å². The molecule has 3 atom stereocenters. The molecule has 0 saturated carbocycles. The Balaban J connectivity index is 1.88. The summed E-state index contributed by atoms with van der Waals surface area (Å²) in [4.78, 5) is 16.3. The third-order valence-corrected chi connectivity index (χ3v) is 4.05. The van der Waals surface area contributed by atoms with Gasteiger partial charge in [-0.15, -0.1) is 0 Å². The number of carbonyl (C=O) groups excluding carboxylic acids is 1. The standard InChI is InChI=1S/C13H25N3O2/c1-3-18-9-12-5-4-11-8-15(6-7-16(11)12)13(17)10(2)14/h10-12H,3-9,14H2,1-2H3. The van der Waals surface area contributed by atoms with Gasteiger partial charge in [0.15, 0.2) is 0 Å². The fourth-order valence-corrected chi connectivity index (χ4v) is 3.08. The van der Waals surface area contributed by atoms with Crippen LogP contribution in [0.2, 0.25) is 0 Å². The fraction of sp³-hybridized carbons (Fsp3) is 0.923. The van der Waals surface area contributed by atoms with Crippen LogP contribution in [0.25, 0.3) is 0 Å². The summed E-state index contributed by atoms with van der Waals surface area (Å²) in [7, 11) is 0. The number of nitrogens with zero attached hydrogens (tertiary/aromatic N) is 2. The first kappa shape index (κ1) is 13.8. The van der Waals surface area contributed by atoms with E-state index in [9.17, 15) is 4.79 Å². The van der Waals surface area contributed by atoms with Crippen LogP contribution in [0.5, 0.6) is 0 Å². The number of piperazine rings is 1. The predicted octanol–water partition coefficient (Wildman–Crippen LogP) is 0.0453. The minimum Gasteiger partial charge on any atom is -0.380 e. The first-order valence-electron chi connectivity index (χ1n) is 7.01. The van der Waals surface area contributed by atoms with Crippen molar-refractivity contribution >= 4 is 5.91 Å². The number of hydrogen-bond donors (Lipinski definition) is 1. The summed E-state index contributed by atoms with van der Waals surface area (Å²) in [6.45, 7) is 8.01. The Morgan fingerprint density at radius 2 is 2.22 bits per heavy atom. The molecule has 0 radical (unpaired) electrons. The molecular formula is C13H25N3O2. The van der Waals surface area contributed by atoms with E-state index >= 15 is 0 Å². The average molecular weight is 255 g/mol. The second-order valence-electron chi connectivity index (χ2n) is 5.36. The van der Waals surface area contributed by atoms with E-state index in [1.54, 1.807) is 6.92 Å². The first-order chi connectivity index (χ1) is 8.63. The zero-order valence-electron chi connectivity index (χ0n) is 11.5. The summed E-state index contributed by atoms with van der Waals surface area (Å²) in [5.74, 6) is 0.0860. The van der Waals surface area contributed by atoms with Gasteiger partial charge in [0.1, 0.15) is 0 Å². The monoisotopic (exact) mass is 255 g/mol. The Labute approximate surface area is 109 Å². The van der Waals surface area contributed by atoms with Crippen LogP contribution >= 0.6 is 0 Å². The van der Waals surface area contributed by atoms with Crippen molar-refractivity contribution in [3.8, 4) is 0 Å². The molecule has 3 unspecified atom stereocenters. The average Bonchev–Trinajstić information content (AvgIpc) is 2.77. The van der Waals surface area contributed by atoms with Gasteiger partial charge in [0.25, 0.3) is 0 Å². The lowest BCUT2D eigenvalue weighted by atomic mass is 10.1. The molecule has 0 aliphatic carbocycles. The van der Waals surface area contributed by atoms with Gasteiger partial charge in [-0.2, -0.15) is 0 Å². The van der Waals surface area contributed by atoms with Crippen LogP contribution in [0.4, 0.5) is 0 Å². The molecule has 2 heterocycles. The van der Waals surface area contributed by atoms with E-state index < -0.39 is 0 Å². The molecule has 0 aromatic rings. The van der Waals surface area contributed by atoms with Gasteiger partial charge in [-0.1, -0.05) is 0 Å². The van der Waals surface area contributed by atoms with Gasteiger partial charge >= 0.3 is 0 Å². The molecule has 2 aliphatic rings. The molecule has 2 fully saturated rings. The second-order valence-corrected chi connectivity index (χ2v) is 5.36. The van der Waals surface area contributed by atoms with Gasteiger partial charge in [0.2, 0.25) is 5.91 Å². The molecule has 18 heavy (non-hydrogen) atoms. The van der Waals surface area contributed by atoms with E-state index in [-0.39, 0.29) is 11.9 Å². The molecule has 2 rings (SSSR count). The largest absolute Gasteiger partial charge is 0.380 e. The summed E-state index contributed by atoms with van der Waals surface area (Å²) >= 11 is 0. The molecule has 2 aliphatic heterocycles. The van der Waals surface area contributed by atoms with Gasteiger partial charge in [0.05, 0.1) is 12.6 Å². The maximum Gasteiger partial charge on any atom is 0.239 e. The summed E-state index contributed by atoms with van der Waals surface area (Å²) in [5, 5.41) is 0. The predicted molar refractivity (Wildman–Crippen MR) is 70.2 cm³/mol. The Morgan fingerprint density at radius 1 is 1.44 bits per heavy atom. The van der Waals surface area contributed by atoms with Crippen LogP contribution in [-0.2, 0) is 9.53 Å². The fourth-order valence-electron chi connectivity index (χ4n) is 3.08. The van der Waals surface area contributed by atoms with Gasteiger partial charge in [0, 0.05) is 38.3 Å². The SMILES string of the molecule is CCOCC1CCC2CN(C(=O)C(C)N)CCN12. The molecule has 0 bridgehead atoms. The molecule has 0 aromatic heterocycles. The lowest BCUT2D eigenvalue weighted by molar-refractivity contribution is -0.135. The van der Waals surface area contributed by atoms with Crippen LogP contribution < -0.4 is 5.73 Å². The zero-order valence-corrected chi connectivity index (χ0v) is 11.5. The van der Waals surface area contributed by atoms with Crippen molar-refractivity contribution in [3.63, 3.8) is 0 Å². The van der Waals surface area contributed by atoms with E-state index in [1.165, 1.54) is 12.8 Å². The van der Waals surface area contributed by atoms with E-state index in [1.807, 2.05) is 11.8 Å². The first-order valence-corrected chi connectivity index (χ1v) is 7.01. The minimum absolute atomic E-state index is 0.0860. The lowest BCUT2D eigenvalue weighted by Gasteiger charge is -2.40. The number of rotatable bonds is 4. The van der Waals surface area contributed by atoms with E-state index in [4.69, 9.17) is 10.5 Å². The van der Waals surface area contributed by atoms with Crippen LogP contribution in [0.1, 0.15) is 26.7 Å². The molecule has 5 heteroatoms. The van der Waals surface area contributed by atoms with Crippen molar-refractivity contribution in [3.05, 3.63) is 0 Å². The molecule has 2 N–H and O–H groups in total. The Bertz CT molecular complexity index is 296. The maximum absolute atomic E-state index is 11.9. The number of hydrogen-bond acceptors (Lipinski definition) is 4. The number of carbonyl (C=O) groups is 1. The van der Waals surface area contributed by atoms with Crippen molar-refractivity contribution < 1.29 is 9.53 Å². The summed E-state index contributed by atoms with van der Waals surface area (Å²) in [5.41, 5.74) is 5.67. The Hall–Kier alpha value is -0.650. The van der Waals surface area contributed by atoms with Crippen molar-refractivity contribution in [1.82, 2.24) is 9.80 Å². The Kier molecular flexibility index (Phi) is 4.59. The highest BCUT2D eigenvalue weighted by Crippen LogP contribution is 2.27. The lowest BCUT2D eigenvalue weighted by Crippen LogP contribution is -2.57. The van der Waals surface area contributed by atoms with Crippen LogP contribution in [0, 0.1) is 0 Å². The molecular weight excluding hydrogens is 230 g/mol. The summed E-state index contributed by atoms with van der Waals surface area (Å²) in [6.07, 6.45) is 2.35. The number of nitrogens with two attached hydrogens (primary N) is 1. The van der Waals surface area contributed by atoms with Crippen LogP contribution in [0.15, 0.2) is 0 Å². The normalized spacial score (nSPS) is 30.3. The van der Waals surface area contributed by atoms with Crippen LogP contribution in [-0.4, -0.2) is 66.7 Å². The van der Waals surface area contributed by atoms with Gasteiger partial charge in [-0.25, -0.2) is 0 Å². The van der Waals surface area contributed by atoms with Crippen molar-refractivity contribution in [2.24, 2.45) is 5.73 Å². The third kappa shape index (κ3) is 2.84. The highest BCUT2D eigenvalue weighted by molar-refractivity contribution is 5.81. The molecule has 5 nitrogen and oxygen atoms in total. The summed E-state index contributed by atoms with van der Waals surface area (Å²) in [6, 6.07) is 0.673. The van der Waals surface area contributed by atoms with E-state index in [2.05, 4.69) is 4.90 Å². The molecule has 104 valence electrons. The molecule has 1 amide bonds. The highest BCUT2D eigenvalue weighted by Gasteiger charge is 2.38. The summed E-state index contributed by atoms with van der Waals surface area (Å²) < 4.78 is 5.54. The number of amides is 1.